The zero-order chi connectivity index (χ0) is 17.5. The number of methoxy groups -OCH3 is 1. The Labute approximate surface area is 143 Å². The summed E-state index contributed by atoms with van der Waals surface area (Å²) in [6, 6.07) is 18.3. The largest absolute Gasteiger partial charge is 0.497 e. The number of nitriles is 1. The molecule has 1 heterocycles. The monoisotopic (exact) mass is 321 g/mol. The summed E-state index contributed by atoms with van der Waals surface area (Å²) < 4.78 is 7.71. The van der Waals surface area contributed by atoms with Crippen molar-refractivity contribution in [3.63, 3.8) is 0 Å². The minimum atomic E-state index is 0.790. The second-order valence-corrected chi connectivity index (χ2v) is 5.45. The van der Waals surface area contributed by atoms with Crippen LogP contribution in [0.25, 0.3) is 22.2 Å². The average Bonchev–Trinajstić information content (AvgIpc) is 2.94. The van der Waals surface area contributed by atoms with E-state index < -0.39 is 0 Å². The highest BCUT2D eigenvalue weighted by Crippen LogP contribution is 2.31. The summed E-state index contributed by atoms with van der Waals surface area (Å²) in [5.41, 5.74) is 10.2. The fourth-order valence-electron chi connectivity index (χ4n) is 2.72. The van der Waals surface area contributed by atoms with Gasteiger partial charge in [0.2, 0.25) is 0 Å². The van der Waals surface area contributed by atoms with Crippen molar-refractivity contribution in [1.29, 1.82) is 5.26 Å². The normalized spacial score (nSPS) is 9.92. The van der Waals surface area contributed by atoms with Crippen LogP contribution in [0.15, 0.2) is 48.5 Å². The van der Waals surface area contributed by atoms with Gasteiger partial charge in [-0.1, -0.05) is 19.1 Å². The third kappa shape index (κ3) is 3.69. The van der Waals surface area contributed by atoms with Crippen molar-refractivity contribution in [3.8, 4) is 23.1 Å². The molecular formula is C20H23N3O. The van der Waals surface area contributed by atoms with Gasteiger partial charge in [0.25, 0.3) is 0 Å². The molecule has 0 radical (unpaired) electrons. The molecule has 0 aliphatic carbocycles. The van der Waals surface area contributed by atoms with Crippen molar-refractivity contribution in [2.75, 3.05) is 12.8 Å². The van der Waals surface area contributed by atoms with Crippen molar-refractivity contribution in [2.24, 2.45) is 0 Å². The van der Waals surface area contributed by atoms with Crippen molar-refractivity contribution in [2.45, 2.75) is 26.8 Å². The summed E-state index contributed by atoms with van der Waals surface area (Å²) in [5.74, 6) is 0.891. The smallest absolute Gasteiger partial charge is 0.120 e. The summed E-state index contributed by atoms with van der Waals surface area (Å²) in [6.45, 7) is 4.61. The van der Waals surface area contributed by atoms with Gasteiger partial charge in [0.1, 0.15) is 5.75 Å². The molecule has 0 bridgehead atoms. The predicted octanol–water partition coefficient (Wildman–Crippen LogP) is 4.84. The van der Waals surface area contributed by atoms with E-state index in [1.165, 1.54) is 29.1 Å². The lowest BCUT2D eigenvalue weighted by molar-refractivity contribution is 0.415. The summed E-state index contributed by atoms with van der Waals surface area (Å²) in [7, 11) is 1.70. The van der Waals surface area contributed by atoms with Crippen molar-refractivity contribution < 1.29 is 4.74 Å². The molecule has 0 saturated carbocycles. The van der Waals surface area contributed by atoms with Gasteiger partial charge in [0, 0.05) is 36.3 Å². The third-order valence-electron chi connectivity index (χ3n) is 3.77. The van der Waals surface area contributed by atoms with Crippen LogP contribution in [-0.4, -0.2) is 11.7 Å². The van der Waals surface area contributed by atoms with E-state index in [0.29, 0.717) is 0 Å². The van der Waals surface area contributed by atoms with Gasteiger partial charge in [0.15, 0.2) is 0 Å². The fourth-order valence-corrected chi connectivity index (χ4v) is 2.72. The SMILES string of the molecule is CC#N.CCCn1c(-c2ccc(N)cc2)cc2ccc(OC)cc21. The Kier molecular flexibility index (Phi) is 5.86. The van der Waals surface area contributed by atoms with Crippen LogP contribution in [0.2, 0.25) is 0 Å². The molecule has 0 unspecified atom stereocenters. The molecule has 24 heavy (non-hydrogen) atoms. The number of nitrogens with two attached hydrogens (primary N) is 1. The molecule has 0 spiro atoms. The molecule has 0 amide bonds. The number of aryl methyl sites for hydroxylation is 1. The summed E-state index contributed by atoms with van der Waals surface area (Å²) in [5, 5.41) is 8.55. The van der Waals surface area contributed by atoms with E-state index in [-0.39, 0.29) is 0 Å². The Morgan fingerprint density at radius 1 is 1.12 bits per heavy atom. The first kappa shape index (κ1) is 17.4. The molecule has 0 fully saturated rings. The molecule has 124 valence electrons. The number of nitrogen functional groups attached to an aromatic ring is 1. The molecule has 0 atom stereocenters. The van der Waals surface area contributed by atoms with Gasteiger partial charge in [-0.05, 0) is 42.3 Å². The molecule has 3 rings (SSSR count). The van der Waals surface area contributed by atoms with E-state index in [9.17, 15) is 0 Å². The molecule has 3 aromatic rings. The molecule has 1 aromatic heterocycles. The lowest BCUT2D eigenvalue weighted by Gasteiger charge is -2.10. The zero-order valence-corrected chi connectivity index (χ0v) is 14.4. The van der Waals surface area contributed by atoms with Gasteiger partial charge in [0.05, 0.1) is 18.7 Å². The topological polar surface area (TPSA) is 64.0 Å². The van der Waals surface area contributed by atoms with Crippen LogP contribution in [0.3, 0.4) is 0 Å². The van der Waals surface area contributed by atoms with Crippen LogP contribution >= 0.6 is 0 Å². The lowest BCUT2D eigenvalue weighted by Crippen LogP contribution is -1.99. The second kappa shape index (κ2) is 8.07. The Morgan fingerprint density at radius 3 is 2.38 bits per heavy atom. The minimum absolute atomic E-state index is 0.790. The molecule has 0 aliphatic heterocycles. The van der Waals surface area contributed by atoms with Gasteiger partial charge in [-0.3, -0.25) is 0 Å². The van der Waals surface area contributed by atoms with Gasteiger partial charge in [-0.15, -0.1) is 0 Å². The number of benzene rings is 2. The predicted molar refractivity (Wildman–Crippen MR) is 99.9 cm³/mol. The minimum Gasteiger partial charge on any atom is -0.497 e. The van der Waals surface area contributed by atoms with E-state index in [0.717, 1.165) is 24.4 Å². The van der Waals surface area contributed by atoms with E-state index >= 15 is 0 Å². The number of ether oxygens (including phenoxy) is 1. The Morgan fingerprint density at radius 2 is 1.79 bits per heavy atom. The molecule has 4 heteroatoms. The molecule has 4 nitrogen and oxygen atoms in total. The quantitative estimate of drug-likeness (QED) is 0.699. The van der Waals surface area contributed by atoms with E-state index in [1.807, 2.05) is 18.2 Å². The van der Waals surface area contributed by atoms with Crippen LogP contribution < -0.4 is 10.5 Å². The number of hydrogen-bond donors (Lipinski definition) is 1. The van der Waals surface area contributed by atoms with E-state index in [4.69, 9.17) is 15.7 Å². The highest BCUT2D eigenvalue weighted by Gasteiger charge is 2.11. The highest BCUT2D eigenvalue weighted by atomic mass is 16.5. The highest BCUT2D eigenvalue weighted by molar-refractivity contribution is 5.88. The lowest BCUT2D eigenvalue weighted by atomic mass is 10.1. The maximum Gasteiger partial charge on any atom is 0.120 e. The van der Waals surface area contributed by atoms with Crippen LogP contribution in [0.4, 0.5) is 5.69 Å². The van der Waals surface area contributed by atoms with Gasteiger partial charge >= 0.3 is 0 Å². The second-order valence-electron chi connectivity index (χ2n) is 5.45. The summed E-state index contributed by atoms with van der Waals surface area (Å²) in [6.07, 6.45) is 1.09. The number of fused-ring (bicyclic) bond motifs is 1. The molecule has 2 aromatic carbocycles. The Hall–Kier alpha value is -2.93. The molecular weight excluding hydrogens is 298 g/mol. The average molecular weight is 321 g/mol. The van der Waals surface area contributed by atoms with Crippen LogP contribution in [-0.2, 0) is 6.54 Å². The summed E-state index contributed by atoms with van der Waals surface area (Å²) in [4.78, 5) is 0. The standard InChI is InChI=1S/C18H20N2O.C2H3N/c1-3-10-20-17(13-4-7-15(19)8-5-13)11-14-6-9-16(21-2)12-18(14)20;1-2-3/h4-9,11-12H,3,10,19H2,1-2H3;1H3. The van der Waals surface area contributed by atoms with E-state index in [1.54, 1.807) is 13.2 Å². The van der Waals surface area contributed by atoms with Gasteiger partial charge in [-0.25, -0.2) is 0 Å². The third-order valence-corrected chi connectivity index (χ3v) is 3.77. The van der Waals surface area contributed by atoms with Crippen LogP contribution in [0.1, 0.15) is 20.3 Å². The maximum atomic E-state index is 7.32. The molecule has 2 N–H and O–H groups in total. The number of aromatic nitrogens is 1. The Balaban J connectivity index is 0.000000647. The van der Waals surface area contributed by atoms with Gasteiger partial charge < -0.3 is 15.0 Å². The first-order valence-electron chi connectivity index (χ1n) is 7.98. The molecule has 0 aliphatic rings. The fraction of sp³-hybridized carbons (Fsp3) is 0.250. The first-order valence-corrected chi connectivity index (χ1v) is 7.98. The molecule has 0 saturated heterocycles. The van der Waals surface area contributed by atoms with Crippen LogP contribution in [0.5, 0.6) is 5.75 Å². The summed E-state index contributed by atoms with van der Waals surface area (Å²) >= 11 is 0. The van der Waals surface area contributed by atoms with Crippen molar-refractivity contribution >= 4 is 16.6 Å². The van der Waals surface area contributed by atoms with E-state index in [2.05, 4.69) is 41.8 Å². The number of hydrogen-bond acceptors (Lipinski definition) is 3. The first-order chi connectivity index (χ1) is 11.6. The van der Waals surface area contributed by atoms with Crippen molar-refractivity contribution in [3.05, 3.63) is 48.5 Å². The number of anilines is 1. The number of nitrogens with zero attached hydrogens (tertiary/aromatic N) is 2. The Bertz CT molecular complexity index is 842. The van der Waals surface area contributed by atoms with Crippen LogP contribution in [0, 0.1) is 11.3 Å². The maximum absolute atomic E-state index is 7.32. The number of rotatable bonds is 4. The zero-order valence-electron chi connectivity index (χ0n) is 14.4. The van der Waals surface area contributed by atoms with Gasteiger partial charge in [-0.2, -0.15) is 5.26 Å². The van der Waals surface area contributed by atoms with Crippen molar-refractivity contribution in [1.82, 2.24) is 4.57 Å².